The van der Waals surface area contributed by atoms with Crippen LogP contribution in [0, 0.1) is 15.9 Å². The predicted molar refractivity (Wildman–Crippen MR) is 64.4 cm³/mol. The highest BCUT2D eigenvalue weighted by molar-refractivity contribution is 14.2. The lowest BCUT2D eigenvalue weighted by Gasteiger charge is -2.03. The molecule has 0 aliphatic heterocycles. The van der Waals surface area contributed by atoms with Gasteiger partial charge in [0.2, 0.25) is 0 Å². The molecule has 5 heteroatoms. The van der Waals surface area contributed by atoms with Gasteiger partial charge in [-0.15, -0.1) is 12.3 Å². The van der Waals surface area contributed by atoms with Gasteiger partial charge in [-0.05, 0) is 17.2 Å². The monoisotopic (exact) mass is 332 g/mol. The van der Waals surface area contributed by atoms with Gasteiger partial charge in [0, 0.05) is 6.42 Å². The van der Waals surface area contributed by atoms with Crippen molar-refractivity contribution in [1.29, 1.82) is 0 Å². The van der Waals surface area contributed by atoms with E-state index in [1.165, 1.54) is 6.07 Å². The van der Waals surface area contributed by atoms with Crippen molar-refractivity contribution in [3.63, 3.8) is 0 Å². The van der Waals surface area contributed by atoms with Crippen LogP contribution in [-0.4, -0.2) is 11.1 Å². The van der Waals surface area contributed by atoms with E-state index in [-0.39, 0.29) is 9.99 Å². The van der Waals surface area contributed by atoms with Crippen molar-refractivity contribution in [2.45, 2.75) is 12.8 Å². The zero-order valence-corrected chi connectivity index (χ0v) is 10.4. The summed E-state index contributed by atoms with van der Waals surface area (Å²) in [7, 11) is 0. The Balaban J connectivity index is 3.21. The molecule has 1 N–H and O–H groups in total. The van der Waals surface area contributed by atoms with Crippen molar-refractivity contribution < 1.29 is 16.0 Å². The lowest BCUT2D eigenvalue weighted by atomic mass is 10.1. The molecule has 0 atom stereocenters. The minimum absolute atomic E-state index is 0.132. The van der Waals surface area contributed by atoms with Gasteiger partial charge < -0.3 is 5.11 Å². The second kappa shape index (κ2) is 5.61. The van der Waals surface area contributed by atoms with Gasteiger partial charge in [0.05, 0.1) is 9.99 Å². The molecular weight excluding hydrogens is 323 g/mol. The topological polar surface area (TPSA) is 71.4 Å². The number of terminal acetylenes is 1. The first-order valence-corrected chi connectivity index (χ1v) is 7.21. The largest absolute Gasteiger partial charge is 0.481 e. The number of rotatable bonds is 4. The summed E-state index contributed by atoms with van der Waals surface area (Å²) in [6, 6.07) is 4.58. The van der Waals surface area contributed by atoms with Gasteiger partial charge in [-0.25, -0.2) is 6.14 Å². The van der Waals surface area contributed by atoms with E-state index in [0.717, 1.165) is 5.56 Å². The van der Waals surface area contributed by atoms with E-state index in [1.807, 2.05) is 0 Å². The summed E-state index contributed by atoms with van der Waals surface area (Å²) in [5.74, 6) is 1.36. The molecule has 0 spiro atoms. The zero-order chi connectivity index (χ0) is 12.1. The number of carboxylic acids is 1. The fourth-order valence-electron chi connectivity index (χ4n) is 1.30. The summed E-state index contributed by atoms with van der Waals surface area (Å²) in [5, 5.41) is 8.67. The van der Waals surface area contributed by atoms with Gasteiger partial charge in [0.1, 0.15) is 0 Å². The number of benzene rings is 1. The highest BCUT2D eigenvalue weighted by Gasteiger charge is 2.11. The summed E-state index contributed by atoms with van der Waals surface area (Å²) in [5.41, 5.74) is 1.07. The molecule has 0 aliphatic carbocycles. The van der Waals surface area contributed by atoms with Crippen LogP contribution in [0.15, 0.2) is 18.2 Å². The lowest BCUT2D eigenvalue weighted by molar-refractivity contribution is -0.136. The molecule has 0 amide bonds. The average Bonchev–Trinajstić information content (AvgIpc) is 2.16. The fraction of sp³-hybridized carbons (Fsp3) is 0.182. The van der Waals surface area contributed by atoms with Crippen molar-refractivity contribution in [2.24, 2.45) is 0 Å². The Morgan fingerprint density at radius 3 is 2.62 bits per heavy atom. The van der Waals surface area contributed by atoms with E-state index >= 15 is 0 Å². The summed E-state index contributed by atoms with van der Waals surface area (Å²) in [6.07, 6.45) is 5.19. The van der Waals surface area contributed by atoms with Crippen LogP contribution >= 0.6 is 19.8 Å². The first-order valence-electron chi connectivity index (χ1n) is 4.37. The Hall–Kier alpha value is -1.42. The maximum Gasteiger partial charge on any atom is 0.341 e. The predicted octanol–water partition coefficient (Wildman–Crippen LogP) is 1.86. The molecular formula is C11H9IO4. The summed E-state index contributed by atoms with van der Waals surface area (Å²) in [6.45, 7) is 0. The van der Waals surface area contributed by atoms with Crippen molar-refractivity contribution in [2.75, 3.05) is 0 Å². The number of carbonyl (C=O) groups is 1. The molecule has 4 nitrogen and oxygen atoms in total. The van der Waals surface area contributed by atoms with Crippen molar-refractivity contribution in [1.82, 2.24) is 0 Å². The number of aliphatic carboxylic acids is 1. The van der Waals surface area contributed by atoms with Crippen LogP contribution < -0.4 is 0 Å². The molecule has 1 rings (SSSR count). The van der Waals surface area contributed by atoms with Crippen LogP contribution in [0.25, 0.3) is 0 Å². The van der Waals surface area contributed by atoms with E-state index in [0.29, 0.717) is 12.0 Å². The Bertz CT molecular complexity index is 515. The number of halogens is 1. The molecule has 0 saturated carbocycles. The highest BCUT2D eigenvalue weighted by Crippen LogP contribution is 2.23. The molecule has 1 aromatic carbocycles. The zero-order valence-electron chi connectivity index (χ0n) is 8.27. The molecule has 1 aromatic rings. The van der Waals surface area contributed by atoms with Gasteiger partial charge >= 0.3 is 25.8 Å². The van der Waals surface area contributed by atoms with Crippen LogP contribution in [0.2, 0.25) is 0 Å². The molecule has 84 valence electrons. The van der Waals surface area contributed by atoms with Crippen molar-refractivity contribution in [3.05, 3.63) is 32.9 Å². The van der Waals surface area contributed by atoms with Crippen LogP contribution in [0.1, 0.15) is 11.1 Å². The van der Waals surface area contributed by atoms with E-state index in [4.69, 9.17) is 11.5 Å². The minimum Gasteiger partial charge on any atom is -0.481 e. The highest BCUT2D eigenvalue weighted by atomic mass is 127. The standard InChI is InChI=1S/C11H9IO4/c1-2-3-8-4-5-10(12(15)16)9(6-8)7-11(13)14/h1,4-6H,3,7H2,(H,13,14). The molecule has 0 aliphatic rings. The molecule has 0 heterocycles. The maximum atomic E-state index is 11.0. The third kappa shape index (κ3) is 3.31. The van der Waals surface area contributed by atoms with Gasteiger partial charge in [0.25, 0.3) is 0 Å². The molecule has 0 radical (unpaired) electrons. The Morgan fingerprint density at radius 1 is 1.44 bits per heavy atom. The number of hydrogen-bond acceptors (Lipinski definition) is 3. The molecule has 0 fully saturated rings. The molecule has 0 saturated heterocycles. The summed E-state index contributed by atoms with van der Waals surface area (Å²) >= 11 is -3.65. The minimum atomic E-state index is -3.65. The van der Waals surface area contributed by atoms with Crippen molar-refractivity contribution >= 4 is 25.8 Å². The van der Waals surface area contributed by atoms with Gasteiger partial charge in [0.15, 0.2) is 0 Å². The summed E-state index contributed by atoms with van der Waals surface area (Å²) < 4.78 is 22.1. The van der Waals surface area contributed by atoms with E-state index in [2.05, 4.69) is 5.92 Å². The Kier molecular flexibility index (Phi) is 4.43. The van der Waals surface area contributed by atoms with Crippen LogP contribution in [0.4, 0.5) is 0 Å². The lowest BCUT2D eigenvalue weighted by Crippen LogP contribution is -2.03. The van der Waals surface area contributed by atoms with Crippen LogP contribution in [0.5, 0.6) is 0 Å². The average molecular weight is 332 g/mol. The maximum absolute atomic E-state index is 11.0. The van der Waals surface area contributed by atoms with Crippen molar-refractivity contribution in [3.8, 4) is 12.3 Å². The Morgan fingerprint density at radius 2 is 2.12 bits per heavy atom. The third-order valence-electron chi connectivity index (χ3n) is 1.92. The SMILES string of the molecule is C#CCc1ccc(I(=O)=O)c(CC(=O)O)c1. The number of carboxylic acid groups (broad SMARTS) is 1. The normalized spacial score (nSPS) is 10.0. The first kappa shape index (κ1) is 12.6. The van der Waals surface area contributed by atoms with E-state index in [1.54, 1.807) is 12.1 Å². The molecule has 0 bridgehead atoms. The van der Waals surface area contributed by atoms with Crippen LogP contribution in [-0.2, 0) is 23.8 Å². The smallest absolute Gasteiger partial charge is 0.341 e. The van der Waals surface area contributed by atoms with Gasteiger partial charge in [-0.3, -0.25) is 4.79 Å². The number of hydrogen-bond donors (Lipinski definition) is 1. The third-order valence-corrected chi connectivity index (χ3v) is 3.93. The second-order valence-electron chi connectivity index (χ2n) is 3.09. The van der Waals surface area contributed by atoms with E-state index < -0.39 is 25.8 Å². The molecule has 16 heavy (non-hydrogen) atoms. The molecule has 0 aromatic heterocycles. The van der Waals surface area contributed by atoms with E-state index in [9.17, 15) is 10.9 Å². The Labute approximate surface area is 99.8 Å². The van der Waals surface area contributed by atoms with Crippen LogP contribution in [0.3, 0.4) is 0 Å². The van der Waals surface area contributed by atoms with Gasteiger partial charge in [-0.1, -0.05) is 12.1 Å². The fourth-order valence-corrected chi connectivity index (χ4v) is 2.69. The summed E-state index contributed by atoms with van der Waals surface area (Å²) in [4.78, 5) is 10.6. The molecule has 0 unspecified atom stereocenters. The quantitative estimate of drug-likeness (QED) is 0.675. The first-order chi connectivity index (χ1) is 7.54. The van der Waals surface area contributed by atoms with Gasteiger partial charge in [-0.2, -0.15) is 0 Å². The second-order valence-corrected chi connectivity index (χ2v) is 5.50.